The maximum Gasteiger partial charge on any atom is 0.0223 e. The Morgan fingerprint density at radius 1 is 0.645 bits per heavy atom. The van der Waals surface area contributed by atoms with Crippen LogP contribution in [-0.4, -0.2) is 111 Å². The van der Waals surface area contributed by atoms with E-state index in [1.165, 1.54) is 130 Å². The quantitative estimate of drug-likeness (QED) is 0.691. The molecule has 4 aliphatic rings. The average Bonchev–Trinajstić information content (AvgIpc) is 2.82. The lowest BCUT2D eigenvalue weighted by molar-refractivity contribution is 0.0568. The first-order chi connectivity index (χ1) is 15.2. The lowest BCUT2D eigenvalue weighted by Gasteiger charge is -2.43. The Morgan fingerprint density at radius 2 is 1.19 bits per heavy atom. The zero-order valence-corrected chi connectivity index (χ0v) is 21.2. The van der Waals surface area contributed by atoms with Gasteiger partial charge < -0.3 is 20.0 Å². The molecule has 0 spiro atoms. The number of hydrogen-bond donors (Lipinski definition) is 1. The van der Waals surface area contributed by atoms with Crippen LogP contribution in [0.3, 0.4) is 0 Å². The zero-order valence-electron chi connectivity index (χ0n) is 21.2. The van der Waals surface area contributed by atoms with Gasteiger partial charge in [0.25, 0.3) is 0 Å². The second-order valence-corrected chi connectivity index (χ2v) is 10.7. The molecule has 0 aromatic heterocycles. The van der Waals surface area contributed by atoms with E-state index in [0.717, 1.165) is 17.9 Å². The smallest absolute Gasteiger partial charge is 0.0223 e. The minimum absolute atomic E-state index is 0.843. The Balaban J connectivity index is 0.000000858. The third-order valence-electron chi connectivity index (χ3n) is 8.04. The molecule has 4 aliphatic heterocycles. The highest BCUT2D eigenvalue weighted by Gasteiger charge is 2.30. The van der Waals surface area contributed by atoms with E-state index in [4.69, 9.17) is 0 Å². The van der Waals surface area contributed by atoms with E-state index in [9.17, 15) is 0 Å². The molecule has 4 fully saturated rings. The first kappa shape index (κ1) is 25.4. The summed E-state index contributed by atoms with van der Waals surface area (Å²) in [6, 6.07) is 0.843. The van der Waals surface area contributed by atoms with Crippen LogP contribution in [0.4, 0.5) is 0 Å². The molecule has 0 amide bonds. The number of likely N-dealkylation sites (N-methyl/N-ethyl adjacent to an activating group) is 1. The van der Waals surface area contributed by atoms with Gasteiger partial charge >= 0.3 is 0 Å². The predicted octanol–water partition coefficient (Wildman–Crippen LogP) is 3.22. The van der Waals surface area contributed by atoms with Gasteiger partial charge in [0, 0.05) is 51.9 Å². The molecular formula is C26H53N5. The fourth-order valence-corrected chi connectivity index (χ4v) is 6.09. The molecule has 5 nitrogen and oxygen atoms in total. The first-order valence-corrected chi connectivity index (χ1v) is 13.8. The number of piperazine rings is 1. The van der Waals surface area contributed by atoms with Crippen LogP contribution in [0.2, 0.25) is 0 Å². The van der Waals surface area contributed by atoms with Gasteiger partial charge in [0.2, 0.25) is 0 Å². The minimum atomic E-state index is 0.843. The molecule has 0 aromatic carbocycles. The van der Waals surface area contributed by atoms with Crippen molar-refractivity contribution in [2.75, 3.05) is 85.1 Å². The third-order valence-corrected chi connectivity index (χ3v) is 8.04. The van der Waals surface area contributed by atoms with E-state index < -0.39 is 0 Å². The summed E-state index contributed by atoms with van der Waals surface area (Å²) in [5.74, 6) is 1.90. The van der Waals surface area contributed by atoms with E-state index in [1.54, 1.807) is 0 Å². The normalized spacial score (nSPS) is 28.9. The molecule has 1 atom stereocenters. The van der Waals surface area contributed by atoms with E-state index in [-0.39, 0.29) is 0 Å². The van der Waals surface area contributed by atoms with Gasteiger partial charge in [0.1, 0.15) is 0 Å². The van der Waals surface area contributed by atoms with E-state index in [1.807, 2.05) is 0 Å². The van der Waals surface area contributed by atoms with Gasteiger partial charge in [-0.05, 0) is 89.6 Å². The van der Waals surface area contributed by atoms with Crippen molar-refractivity contribution in [1.29, 1.82) is 0 Å². The maximum absolute atomic E-state index is 3.48. The summed E-state index contributed by atoms with van der Waals surface area (Å²) in [7, 11) is 0. The monoisotopic (exact) mass is 435 g/mol. The fraction of sp³-hybridized carbons (Fsp3) is 1.00. The standard InChI is InChI=1S/C23H45N5.C3H8/c1-2-25-11-3-4-23(20-25)28-14-7-22(8-15-28)18-26-12-5-21(6-13-26)19-27-16-9-24-10-17-27;1-3-2/h21-24H,2-20H2,1H3;3H2,1-2H3. The molecule has 182 valence electrons. The second-order valence-electron chi connectivity index (χ2n) is 10.7. The molecule has 5 heteroatoms. The van der Waals surface area contributed by atoms with Crippen LogP contribution in [0.25, 0.3) is 0 Å². The van der Waals surface area contributed by atoms with Crippen molar-refractivity contribution in [3.8, 4) is 0 Å². The second kappa shape index (κ2) is 14.1. The Hall–Kier alpha value is -0.200. The van der Waals surface area contributed by atoms with Gasteiger partial charge in [-0.1, -0.05) is 27.2 Å². The molecule has 1 N–H and O–H groups in total. The van der Waals surface area contributed by atoms with Crippen LogP contribution in [0.5, 0.6) is 0 Å². The number of nitrogens with zero attached hydrogens (tertiary/aromatic N) is 4. The van der Waals surface area contributed by atoms with Crippen LogP contribution in [0.1, 0.15) is 65.7 Å². The van der Waals surface area contributed by atoms with Crippen molar-refractivity contribution in [2.45, 2.75) is 71.8 Å². The minimum Gasteiger partial charge on any atom is -0.314 e. The van der Waals surface area contributed by atoms with E-state index in [0.29, 0.717) is 0 Å². The Morgan fingerprint density at radius 3 is 1.77 bits per heavy atom. The van der Waals surface area contributed by atoms with Crippen molar-refractivity contribution in [2.24, 2.45) is 11.8 Å². The van der Waals surface area contributed by atoms with Crippen LogP contribution < -0.4 is 5.32 Å². The molecule has 4 heterocycles. The lowest BCUT2D eigenvalue weighted by atomic mass is 9.91. The Kier molecular flexibility index (Phi) is 11.6. The average molecular weight is 436 g/mol. The number of nitrogens with one attached hydrogen (secondary N) is 1. The van der Waals surface area contributed by atoms with Gasteiger partial charge in [0.15, 0.2) is 0 Å². The highest BCUT2D eigenvalue weighted by atomic mass is 15.2. The summed E-state index contributed by atoms with van der Waals surface area (Å²) in [4.78, 5) is 11.0. The van der Waals surface area contributed by atoms with Crippen molar-refractivity contribution >= 4 is 0 Å². The highest BCUT2D eigenvalue weighted by molar-refractivity contribution is 4.85. The van der Waals surface area contributed by atoms with Crippen molar-refractivity contribution < 1.29 is 0 Å². The molecule has 4 rings (SSSR count). The summed E-state index contributed by atoms with van der Waals surface area (Å²) in [6.07, 6.45) is 9.81. The summed E-state index contributed by atoms with van der Waals surface area (Å²) in [5.41, 5.74) is 0. The SMILES string of the molecule is CCC.CCN1CCCC(N2CCC(CN3CCC(CN4CCNCC4)CC3)CC2)C1. The molecule has 0 radical (unpaired) electrons. The highest BCUT2D eigenvalue weighted by Crippen LogP contribution is 2.26. The van der Waals surface area contributed by atoms with E-state index in [2.05, 4.69) is 45.7 Å². The number of likely N-dealkylation sites (tertiary alicyclic amines) is 3. The molecular weight excluding hydrogens is 382 g/mol. The van der Waals surface area contributed by atoms with Gasteiger partial charge in [-0.2, -0.15) is 0 Å². The molecule has 1 unspecified atom stereocenters. The Bertz CT molecular complexity index is 451. The van der Waals surface area contributed by atoms with Crippen molar-refractivity contribution in [3.63, 3.8) is 0 Å². The van der Waals surface area contributed by atoms with Crippen LogP contribution in [0, 0.1) is 11.8 Å². The van der Waals surface area contributed by atoms with Crippen LogP contribution >= 0.6 is 0 Å². The van der Waals surface area contributed by atoms with Crippen LogP contribution in [0.15, 0.2) is 0 Å². The number of hydrogen-bond acceptors (Lipinski definition) is 5. The van der Waals surface area contributed by atoms with Gasteiger partial charge in [-0.15, -0.1) is 0 Å². The maximum atomic E-state index is 3.48. The van der Waals surface area contributed by atoms with Crippen molar-refractivity contribution in [1.82, 2.24) is 24.9 Å². The van der Waals surface area contributed by atoms with Crippen molar-refractivity contribution in [3.05, 3.63) is 0 Å². The third kappa shape index (κ3) is 8.58. The lowest BCUT2D eigenvalue weighted by Crippen LogP contribution is -2.51. The largest absolute Gasteiger partial charge is 0.314 e. The molecule has 4 saturated heterocycles. The molecule has 0 bridgehead atoms. The summed E-state index contributed by atoms with van der Waals surface area (Å²) in [6.45, 7) is 23.5. The number of piperidine rings is 3. The molecule has 0 aromatic rings. The molecule has 0 saturated carbocycles. The van der Waals surface area contributed by atoms with Gasteiger partial charge in [0.05, 0.1) is 0 Å². The number of rotatable bonds is 6. The predicted molar refractivity (Wildman–Crippen MR) is 134 cm³/mol. The fourth-order valence-electron chi connectivity index (χ4n) is 6.09. The zero-order chi connectivity index (χ0) is 21.9. The van der Waals surface area contributed by atoms with Crippen LogP contribution in [-0.2, 0) is 0 Å². The summed E-state index contributed by atoms with van der Waals surface area (Å²) < 4.78 is 0. The summed E-state index contributed by atoms with van der Waals surface area (Å²) >= 11 is 0. The molecule has 31 heavy (non-hydrogen) atoms. The molecule has 0 aliphatic carbocycles. The van der Waals surface area contributed by atoms with Gasteiger partial charge in [-0.25, -0.2) is 0 Å². The first-order valence-electron chi connectivity index (χ1n) is 13.8. The van der Waals surface area contributed by atoms with Gasteiger partial charge in [-0.3, -0.25) is 4.90 Å². The Labute approximate surface area is 193 Å². The van der Waals surface area contributed by atoms with E-state index >= 15 is 0 Å². The summed E-state index contributed by atoms with van der Waals surface area (Å²) in [5, 5.41) is 3.48. The topological polar surface area (TPSA) is 25.0 Å².